The molecule has 0 fully saturated rings. The Hall–Kier alpha value is -0.500. The van der Waals surface area contributed by atoms with Crippen molar-refractivity contribution in [3.8, 4) is 0 Å². The second-order valence-electron chi connectivity index (χ2n) is 2.95. The zero-order valence-corrected chi connectivity index (χ0v) is 7.56. The molecule has 0 heterocycles. The fourth-order valence-electron chi connectivity index (χ4n) is 0.879. The fraction of sp³-hybridized carbons (Fsp3) is 0.750. The minimum Gasteiger partial charge on any atom is -0.394 e. The normalized spacial score (nSPS) is 22.1. The maximum Gasteiger partial charge on any atom is 0.112 e. The van der Waals surface area contributed by atoms with Gasteiger partial charge in [-0.05, 0) is 0 Å². The first-order valence-corrected chi connectivity index (χ1v) is 4.09. The predicted molar refractivity (Wildman–Crippen MR) is 47.3 cm³/mol. The average Bonchev–Trinajstić information content (AvgIpc) is 2.23. The molecule has 14 heavy (non-hydrogen) atoms. The molecule has 0 aliphatic carbocycles. The Balaban J connectivity index is 4.29. The van der Waals surface area contributed by atoms with Crippen LogP contribution in [-0.4, -0.2) is 67.8 Å². The van der Waals surface area contributed by atoms with Gasteiger partial charge in [-0.15, -0.1) is 6.58 Å². The molecule has 0 aromatic rings. The van der Waals surface area contributed by atoms with Crippen LogP contribution in [0.5, 0.6) is 0 Å². The van der Waals surface area contributed by atoms with E-state index in [1.165, 1.54) is 0 Å². The van der Waals surface area contributed by atoms with E-state index in [2.05, 4.69) is 6.58 Å². The molecule has 0 radical (unpaired) electrons. The first kappa shape index (κ1) is 13.5. The van der Waals surface area contributed by atoms with E-state index in [0.29, 0.717) is 0 Å². The van der Waals surface area contributed by atoms with Crippen molar-refractivity contribution in [2.45, 2.75) is 30.5 Å². The van der Waals surface area contributed by atoms with Crippen molar-refractivity contribution in [1.82, 2.24) is 0 Å². The van der Waals surface area contributed by atoms with Crippen molar-refractivity contribution in [2.75, 3.05) is 6.61 Å². The molecule has 6 nitrogen and oxygen atoms in total. The number of hydrogen-bond donors (Lipinski definition) is 6. The van der Waals surface area contributed by atoms with Crippen LogP contribution >= 0.6 is 0 Å². The molecule has 5 atom stereocenters. The van der Waals surface area contributed by atoms with Crippen molar-refractivity contribution in [3.05, 3.63) is 12.7 Å². The highest BCUT2D eigenvalue weighted by Gasteiger charge is 2.32. The minimum absolute atomic E-state index is 0.755. The van der Waals surface area contributed by atoms with Crippen LogP contribution in [0, 0.1) is 0 Å². The minimum atomic E-state index is -1.76. The van der Waals surface area contributed by atoms with Crippen LogP contribution in [0.15, 0.2) is 12.7 Å². The Morgan fingerprint density at radius 1 is 0.929 bits per heavy atom. The smallest absolute Gasteiger partial charge is 0.112 e. The van der Waals surface area contributed by atoms with E-state index < -0.39 is 37.1 Å². The van der Waals surface area contributed by atoms with E-state index in [0.717, 1.165) is 6.08 Å². The van der Waals surface area contributed by atoms with Crippen LogP contribution in [0.4, 0.5) is 0 Å². The molecular formula is C8H16O6. The van der Waals surface area contributed by atoms with E-state index >= 15 is 0 Å². The Morgan fingerprint density at radius 2 is 1.43 bits per heavy atom. The van der Waals surface area contributed by atoms with E-state index in [1.807, 2.05) is 0 Å². The molecule has 0 aromatic carbocycles. The summed E-state index contributed by atoms with van der Waals surface area (Å²) >= 11 is 0. The molecule has 84 valence electrons. The molecule has 0 spiro atoms. The van der Waals surface area contributed by atoms with Gasteiger partial charge in [-0.2, -0.15) is 0 Å². The predicted octanol–water partition coefficient (Wildman–Crippen LogP) is -3.03. The number of aliphatic hydroxyl groups excluding tert-OH is 6. The Kier molecular flexibility index (Phi) is 5.86. The summed E-state index contributed by atoms with van der Waals surface area (Å²) in [4.78, 5) is 0. The van der Waals surface area contributed by atoms with Crippen LogP contribution in [0.3, 0.4) is 0 Å². The fourth-order valence-corrected chi connectivity index (χ4v) is 0.879. The highest BCUT2D eigenvalue weighted by Crippen LogP contribution is 2.08. The molecule has 0 aliphatic rings. The van der Waals surface area contributed by atoms with E-state index in [4.69, 9.17) is 20.4 Å². The van der Waals surface area contributed by atoms with E-state index in [9.17, 15) is 10.2 Å². The second kappa shape index (κ2) is 6.07. The lowest BCUT2D eigenvalue weighted by molar-refractivity contribution is -0.133. The maximum absolute atomic E-state index is 9.21. The van der Waals surface area contributed by atoms with Crippen molar-refractivity contribution < 1.29 is 30.6 Å². The molecule has 0 unspecified atom stereocenters. The molecule has 0 aliphatic heterocycles. The van der Waals surface area contributed by atoms with Gasteiger partial charge in [-0.1, -0.05) is 6.08 Å². The summed E-state index contributed by atoms with van der Waals surface area (Å²) in [5, 5.41) is 53.9. The van der Waals surface area contributed by atoms with Gasteiger partial charge in [-0.25, -0.2) is 0 Å². The van der Waals surface area contributed by atoms with Crippen LogP contribution in [0.2, 0.25) is 0 Å². The standard InChI is InChI=1S/C8H16O6/c1-2-4(10)6(12)8(14)7(13)5(11)3-9/h2,4-14H,1,3H2/t4-,5+,6-,7-,8+/m1/s1. The van der Waals surface area contributed by atoms with Gasteiger partial charge in [-0.3, -0.25) is 0 Å². The third-order valence-electron chi connectivity index (χ3n) is 1.87. The molecule has 0 bridgehead atoms. The monoisotopic (exact) mass is 208 g/mol. The van der Waals surface area contributed by atoms with Gasteiger partial charge < -0.3 is 30.6 Å². The lowest BCUT2D eigenvalue weighted by atomic mass is 9.99. The van der Waals surface area contributed by atoms with Crippen molar-refractivity contribution in [1.29, 1.82) is 0 Å². The summed E-state index contributed by atoms with van der Waals surface area (Å²) in [5.74, 6) is 0. The highest BCUT2D eigenvalue weighted by molar-refractivity contribution is 4.91. The summed E-state index contributed by atoms with van der Waals surface area (Å²) < 4.78 is 0. The van der Waals surface area contributed by atoms with Gasteiger partial charge in [0.15, 0.2) is 0 Å². The zero-order valence-electron chi connectivity index (χ0n) is 7.56. The largest absolute Gasteiger partial charge is 0.394 e. The first-order valence-electron chi connectivity index (χ1n) is 4.09. The van der Waals surface area contributed by atoms with Crippen LogP contribution in [-0.2, 0) is 0 Å². The third-order valence-corrected chi connectivity index (χ3v) is 1.87. The van der Waals surface area contributed by atoms with E-state index in [-0.39, 0.29) is 0 Å². The topological polar surface area (TPSA) is 121 Å². The van der Waals surface area contributed by atoms with Gasteiger partial charge in [0.05, 0.1) is 6.61 Å². The molecule has 0 rings (SSSR count). The van der Waals surface area contributed by atoms with Gasteiger partial charge >= 0.3 is 0 Å². The maximum atomic E-state index is 9.21. The number of aliphatic hydroxyl groups is 6. The van der Waals surface area contributed by atoms with E-state index in [1.54, 1.807) is 0 Å². The molecule has 6 heteroatoms. The Morgan fingerprint density at radius 3 is 1.79 bits per heavy atom. The molecule has 0 amide bonds. The molecule has 0 aromatic heterocycles. The van der Waals surface area contributed by atoms with Crippen LogP contribution in [0.1, 0.15) is 0 Å². The highest BCUT2D eigenvalue weighted by atomic mass is 16.4. The zero-order chi connectivity index (χ0) is 11.3. The summed E-state index contributed by atoms with van der Waals surface area (Å²) in [5.41, 5.74) is 0. The lowest BCUT2D eigenvalue weighted by Gasteiger charge is -2.27. The van der Waals surface area contributed by atoms with Gasteiger partial charge in [0.2, 0.25) is 0 Å². The average molecular weight is 208 g/mol. The number of rotatable bonds is 6. The molecule has 0 saturated carbocycles. The Labute approximate surface area is 81.4 Å². The van der Waals surface area contributed by atoms with Crippen LogP contribution in [0.25, 0.3) is 0 Å². The van der Waals surface area contributed by atoms with Crippen molar-refractivity contribution >= 4 is 0 Å². The van der Waals surface area contributed by atoms with Gasteiger partial charge in [0.1, 0.15) is 30.5 Å². The van der Waals surface area contributed by atoms with Crippen molar-refractivity contribution in [3.63, 3.8) is 0 Å². The molecule has 0 saturated heterocycles. The van der Waals surface area contributed by atoms with Crippen molar-refractivity contribution in [2.24, 2.45) is 0 Å². The summed E-state index contributed by atoms with van der Waals surface area (Å²) in [6, 6.07) is 0. The summed E-state index contributed by atoms with van der Waals surface area (Å²) in [6.07, 6.45) is -7.16. The molecular weight excluding hydrogens is 192 g/mol. The summed E-state index contributed by atoms with van der Waals surface area (Å²) in [7, 11) is 0. The SMILES string of the molecule is C=C[C@@H](O)[C@@H](O)[C@H](O)[C@H](O)[C@@H](O)CO. The summed E-state index contributed by atoms with van der Waals surface area (Å²) in [6.45, 7) is 2.42. The third kappa shape index (κ3) is 3.33. The van der Waals surface area contributed by atoms with Gasteiger partial charge in [0, 0.05) is 0 Å². The second-order valence-corrected chi connectivity index (χ2v) is 2.95. The van der Waals surface area contributed by atoms with Gasteiger partial charge in [0.25, 0.3) is 0 Å². The molecule has 6 N–H and O–H groups in total. The van der Waals surface area contributed by atoms with Crippen LogP contribution < -0.4 is 0 Å². The first-order chi connectivity index (χ1) is 6.45. The quantitative estimate of drug-likeness (QED) is 0.258. The number of hydrogen-bond acceptors (Lipinski definition) is 6. The Bertz CT molecular complexity index is 173. The lowest BCUT2D eigenvalue weighted by Crippen LogP contribution is -2.49.